The highest BCUT2D eigenvalue weighted by Gasteiger charge is 2.28. The van der Waals surface area contributed by atoms with Crippen LogP contribution in [0.5, 0.6) is 0 Å². The Morgan fingerprint density at radius 1 is 1.00 bits per heavy atom. The third-order valence-electron chi connectivity index (χ3n) is 6.15. The minimum Gasteiger partial charge on any atom is -0.325 e. The summed E-state index contributed by atoms with van der Waals surface area (Å²) in [4.78, 5) is 21.7. The Hall–Kier alpha value is -2.04. The first-order valence-corrected chi connectivity index (χ1v) is 13.2. The highest BCUT2D eigenvalue weighted by atomic mass is 35.5. The molecule has 2 saturated heterocycles. The smallest absolute Gasteiger partial charge is 0.243 e. The van der Waals surface area contributed by atoms with Gasteiger partial charge in [-0.2, -0.15) is 4.31 Å². The summed E-state index contributed by atoms with van der Waals surface area (Å²) in [7, 11) is -3.57. The molecular weight excluding hydrogens is 462 g/mol. The lowest BCUT2D eigenvalue weighted by Crippen LogP contribution is -2.46. The van der Waals surface area contributed by atoms with Crippen LogP contribution in [0.15, 0.2) is 47.5 Å². The molecule has 0 spiro atoms. The fraction of sp³-hybridized carbons (Fsp3) is 0.478. The molecule has 0 saturated carbocycles. The molecule has 178 valence electrons. The number of carbonyl (C=O) groups excluding carboxylic acids is 1. The molecule has 2 fully saturated rings. The van der Waals surface area contributed by atoms with Gasteiger partial charge in [-0.05, 0) is 43.2 Å². The first-order chi connectivity index (χ1) is 15.9. The van der Waals surface area contributed by atoms with Gasteiger partial charge in [-0.15, -0.1) is 0 Å². The van der Waals surface area contributed by atoms with Crippen molar-refractivity contribution in [1.82, 2.24) is 19.1 Å². The molecule has 10 heteroatoms. The number of halogens is 1. The van der Waals surface area contributed by atoms with E-state index < -0.39 is 10.0 Å². The third kappa shape index (κ3) is 6.30. The quantitative estimate of drug-likeness (QED) is 0.611. The molecule has 4 rings (SSSR count). The van der Waals surface area contributed by atoms with Gasteiger partial charge >= 0.3 is 0 Å². The highest BCUT2D eigenvalue weighted by Crippen LogP contribution is 2.28. The molecular formula is C23H30ClN5O3S. The number of benzene rings is 1. The Labute approximate surface area is 200 Å². The van der Waals surface area contributed by atoms with Gasteiger partial charge in [0, 0.05) is 65.0 Å². The summed E-state index contributed by atoms with van der Waals surface area (Å²) in [6, 6.07) is 10.4. The van der Waals surface area contributed by atoms with Crippen molar-refractivity contribution in [3.05, 3.63) is 53.3 Å². The zero-order chi connectivity index (χ0) is 23.3. The highest BCUT2D eigenvalue weighted by molar-refractivity contribution is 7.89. The molecule has 33 heavy (non-hydrogen) atoms. The van der Waals surface area contributed by atoms with Crippen molar-refractivity contribution in [2.45, 2.75) is 30.7 Å². The average molecular weight is 492 g/mol. The summed E-state index contributed by atoms with van der Waals surface area (Å²) in [5, 5.41) is 3.12. The van der Waals surface area contributed by atoms with E-state index in [1.807, 2.05) is 24.4 Å². The number of hydrogen-bond acceptors (Lipinski definition) is 6. The summed E-state index contributed by atoms with van der Waals surface area (Å²) in [5.41, 5.74) is 1.40. The van der Waals surface area contributed by atoms with Crippen LogP contribution in [-0.4, -0.2) is 79.2 Å². The molecule has 2 aliphatic heterocycles. The number of nitrogens with zero attached hydrogens (tertiary/aromatic N) is 4. The predicted molar refractivity (Wildman–Crippen MR) is 129 cm³/mol. The predicted octanol–water partition coefficient (Wildman–Crippen LogP) is 2.67. The second-order valence-corrected chi connectivity index (χ2v) is 10.8. The molecule has 0 radical (unpaired) electrons. The molecule has 1 aromatic carbocycles. The zero-order valence-corrected chi connectivity index (χ0v) is 20.2. The molecule has 2 aromatic rings. The molecule has 1 N–H and O–H groups in total. The van der Waals surface area contributed by atoms with Crippen molar-refractivity contribution in [2.75, 3.05) is 51.1 Å². The number of amides is 1. The van der Waals surface area contributed by atoms with E-state index in [1.165, 1.54) is 22.5 Å². The average Bonchev–Trinajstić information content (AvgIpc) is 3.37. The van der Waals surface area contributed by atoms with Crippen LogP contribution in [-0.2, 0) is 21.4 Å². The van der Waals surface area contributed by atoms with Gasteiger partial charge in [0.25, 0.3) is 0 Å². The zero-order valence-electron chi connectivity index (χ0n) is 18.6. The topological polar surface area (TPSA) is 85.9 Å². The minimum absolute atomic E-state index is 0.160. The van der Waals surface area contributed by atoms with E-state index in [4.69, 9.17) is 11.6 Å². The second-order valence-electron chi connectivity index (χ2n) is 8.49. The van der Waals surface area contributed by atoms with Gasteiger partial charge in [0.05, 0.1) is 21.3 Å². The van der Waals surface area contributed by atoms with Crippen molar-refractivity contribution < 1.29 is 13.2 Å². The molecule has 3 heterocycles. The molecule has 0 aliphatic carbocycles. The normalized spacial score (nSPS) is 18.5. The first kappa shape index (κ1) is 24.1. The van der Waals surface area contributed by atoms with Crippen LogP contribution < -0.4 is 5.32 Å². The molecule has 8 nitrogen and oxygen atoms in total. The Balaban J connectivity index is 1.26. The van der Waals surface area contributed by atoms with E-state index in [0.717, 1.165) is 51.3 Å². The van der Waals surface area contributed by atoms with Crippen molar-refractivity contribution in [3.8, 4) is 0 Å². The standard InChI is InChI=1S/C23H30ClN5O3S/c24-21-7-6-20(33(31,32)29-10-3-4-11-29)17-22(21)26-23(30)8-12-27-13-15-28(16-14-27)18-19-5-1-2-9-25-19/h1-2,5-7,9,17H,3-4,8,10-16,18H2,(H,26,30). The molecule has 2 aliphatic rings. The van der Waals surface area contributed by atoms with Crippen molar-refractivity contribution in [2.24, 2.45) is 0 Å². The van der Waals surface area contributed by atoms with Crippen molar-refractivity contribution in [1.29, 1.82) is 0 Å². The minimum atomic E-state index is -3.57. The van der Waals surface area contributed by atoms with Crippen LogP contribution in [0.3, 0.4) is 0 Å². The van der Waals surface area contributed by atoms with E-state index in [1.54, 1.807) is 0 Å². The fourth-order valence-electron chi connectivity index (χ4n) is 4.20. The van der Waals surface area contributed by atoms with Crippen molar-refractivity contribution >= 4 is 33.2 Å². The number of aromatic nitrogens is 1. The van der Waals surface area contributed by atoms with E-state index >= 15 is 0 Å². The van der Waals surface area contributed by atoms with Crippen LogP contribution in [0.2, 0.25) is 5.02 Å². The van der Waals surface area contributed by atoms with Crippen molar-refractivity contribution in [3.63, 3.8) is 0 Å². The second kappa shape index (κ2) is 10.9. The number of hydrogen-bond donors (Lipinski definition) is 1. The van der Waals surface area contributed by atoms with Gasteiger partial charge < -0.3 is 10.2 Å². The van der Waals surface area contributed by atoms with Crippen LogP contribution >= 0.6 is 11.6 Å². The summed E-state index contributed by atoms with van der Waals surface area (Å²) >= 11 is 6.24. The lowest BCUT2D eigenvalue weighted by atomic mass is 10.2. The number of piperazine rings is 1. The number of anilines is 1. The number of pyridine rings is 1. The SMILES string of the molecule is O=C(CCN1CCN(Cc2ccccn2)CC1)Nc1cc(S(=O)(=O)N2CCCC2)ccc1Cl. The summed E-state index contributed by atoms with van der Waals surface area (Å²) in [6.45, 7) is 6.19. The fourth-order valence-corrected chi connectivity index (χ4v) is 5.91. The number of nitrogens with one attached hydrogen (secondary N) is 1. The van der Waals surface area contributed by atoms with Crippen LogP contribution in [0.4, 0.5) is 5.69 Å². The Morgan fingerprint density at radius 3 is 2.42 bits per heavy atom. The molecule has 0 unspecified atom stereocenters. The lowest BCUT2D eigenvalue weighted by molar-refractivity contribution is -0.116. The van der Waals surface area contributed by atoms with Gasteiger partial charge in [-0.1, -0.05) is 17.7 Å². The van der Waals surface area contributed by atoms with Gasteiger partial charge in [0.1, 0.15) is 0 Å². The Morgan fingerprint density at radius 2 is 1.73 bits per heavy atom. The number of carbonyl (C=O) groups is 1. The lowest BCUT2D eigenvalue weighted by Gasteiger charge is -2.34. The summed E-state index contributed by atoms with van der Waals surface area (Å²) < 4.78 is 27.1. The van der Waals surface area contributed by atoms with E-state index in [-0.39, 0.29) is 10.8 Å². The van der Waals surface area contributed by atoms with Crippen LogP contribution in [0, 0.1) is 0 Å². The van der Waals surface area contributed by atoms with Gasteiger partial charge in [-0.3, -0.25) is 14.7 Å². The molecule has 1 amide bonds. The summed E-state index contributed by atoms with van der Waals surface area (Å²) in [5.74, 6) is -0.177. The van der Waals surface area contributed by atoms with E-state index in [2.05, 4.69) is 20.1 Å². The third-order valence-corrected chi connectivity index (χ3v) is 8.37. The number of rotatable bonds is 8. The van der Waals surface area contributed by atoms with Gasteiger partial charge in [0.2, 0.25) is 15.9 Å². The maximum atomic E-state index is 12.8. The van der Waals surface area contributed by atoms with Crippen LogP contribution in [0.25, 0.3) is 0 Å². The molecule has 0 atom stereocenters. The Kier molecular flexibility index (Phi) is 7.98. The largest absolute Gasteiger partial charge is 0.325 e. The summed E-state index contributed by atoms with van der Waals surface area (Å²) in [6.07, 6.45) is 3.87. The van der Waals surface area contributed by atoms with E-state index in [9.17, 15) is 13.2 Å². The van der Waals surface area contributed by atoms with Gasteiger partial charge in [0.15, 0.2) is 0 Å². The molecule has 0 bridgehead atoms. The maximum Gasteiger partial charge on any atom is 0.243 e. The molecule has 1 aromatic heterocycles. The number of sulfonamides is 1. The maximum absolute atomic E-state index is 12.8. The van der Waals surface area contributed by atoms with Gasteiger partial charge in [-0.25, -0.2) is 8.42 Å². The first-order valence-electron chi connectivity index (χ1n) is 11.4. The monoisotopic (exact) mass is 491 g/mol. The van der Waals surface area contributed by atoms with E-state index in [0.29, 0.717) is 36.8 Å². The van der Waals surface area contributed by atoms with Crippen LogP contribution in [0.1, 0.15) is 25.0 Å². The Bertz CT molecular complexity index is 1050.